The first-order valence-electron chi connectivity index (χ1n) is 6.69. The first kappa shape index (κ1) is 14.7. The molecule has 1 aliphatic rings. The Kier molecular flexibility index (Phi) is 5.13. The molecule has 1 aromatic carbocycles. The van der Waals surface area contributed by atoms with Crippen LogP contribution in [0.1, 0.15) is 30.1 Å². The van der Waals surface area contributed by atoms with Crippen LogP contribution in [0.4, 0.5) is 0 Å². The summed E-state index contributed by atoms with van der Waals surface area (Å²) in [5.74, 6) is 0.186. The van der Waals surface area contributed by atoms with E-state index in [4.69, 9.17) is 4.74 Å². The fourth-order valence-corrected chi connectivity index (χ4v) is 3.07. The van der Waals surface area contributed by atoms with Gasteiger partial charge in [-0.15, -0.1) is 0 Å². The molecular weight excluding hydrogens is 306 g/mol. The zero-order chi connectivity index (χ0) is 13.8. The Hall–Kier alpha value is -0.710. The van der Waals surface area contributed by atoms with Crippen LogP contribution in [0.25, 0.3) is 0 Å². The number of rotatable bonds is 5. The fourth-order valence-electron chi connectivity index (χ4n) is 2.56. The van der Waals surface area contributed by atoms with Gasteiger partial charge < -0.3 is 9.64 Å². The van der Waals surface area contributed by atoms with Gasteiger partial charge >= 0.3 is 0 Å². The molecule has 104 valence electrons. The Morgan fingerprint density at radius 2 is 2.21 bits per heavy atom. The van der Waals surface area contributed by atoms with Crippen molar-refractivity contribution in [2.75, 3.05) is 20.2 Å². The average Bonchev–Trinajstić information content (AvgIpc) is 2.82. The SMILES string of the molecule is CC1OCCC1N(C)CCC(=O)c1ccccc1Br. The normalized spacial score (nSPS) is 22.9. The van der Waals surface area contributed by atoms with E-state index in [9.17, 15) is 4.79 Å². The highest BCUT2D eigenvalue weighted by Gasteiger charge is 2.27. The molecule has 1 heterocycles. The van der Waals surface area contributed by atoms with Crippen LogP contribution in [0.15, 0.2) is 28.7 Å². The molecule has 19 heavy (non-hydrogen) atoms. The summed E-state index contributed by atoms with van der Waals surface area (Å²) in [6.45, 7) is 3.71. The molecule has 0 spiro atoms. The molecule has 0 saturated carbocycles. The third-order valence-electron chi connectivity index (χ3n) is 3.77. The molecule has 1 aromatic rings. The largest absolute Gasteiger partial charge is 0.377 e. The standard InChI is InChI=1S/C15H20BrNO2/c1-11-14(8-10-19-11)17(2)9-7-15(18)12-5-3-4-6-13(12)16/h3-6,11,14H,7-10H2,1-2H3. The van der Waals surface area contributed by atoms with Crippen molar-refractivity contribution in [2.45, 2.75) is 31.9 Å². The van der Waals surface area contributed by atoms with Gasteiger partial charge in [-0.05, 0) is 26.5 Å². The molecule has 1 aliphatic heterocycles. The van der Waals surface area contributed by atoms with Gasteiger partial charge in [0.05, 0.1) is 6.10 Å². The molecule has 4 heteroatoms. The number of carbonyl (C=O) groups excluding carboxylic acids is 1. The summed E-state index contributed by atoms with van der Waals surface area (Å²) in [6, 6.07) is 8.03. The predicted octanol–water partition coefficient (Wildman–Crippen LogP) is 3.13. The van der Waals surface area contributed by atoms with E-state index in [0.717, 1.165) is 29.6 Å². The molecule has 2 atom stereocenters. The molecular formula is C15H20BrNO2. The molecule has 0 radical (unpaired) electrons. The van der Waals surface area contributed by atoms with Crippen molar-refractivity contribution in [3.05, 3.63) is 34.3 Å². The molecule has 0 amide bonds. The summed E-state index contributed by atoms with van der Waals surface area (Å²) in [5, 5.41) is 0. The molecule has 3 nitrogen and oxygen atoms in total. The summed E-state index contributed by atoms with van der Waals surface area (Å²) in [7, 11) is 2.07. The highest BCUT2D eigenvalue weighted by Crippen LogP contribution is 2.20. The third kappa shape index (κ3) is 3.65. The Balaban J connectivity index is 1.88. The van der Waals surface area contributed by atoms with Crippen molar-refractivity contribution in [1.29, 1.82) is 0 Å². The number of ketones is 1. The first-order valence-corrected chi connectivity index (χ1v) is 7.48. The van der Waals surface area contributed by atoms with Gasteiger partial charge in [0.25, 0.3) is 0 Å². The Bertz CT molecular complexity index is 450. The second kappa shape index (κ2) is 6.64. The first-order chi connectivity index (χ1) is 9.09. The smallest absolute Gasteiger partial charge is 0.165 e. The minimum Gasteiger partial charge on any atom is -0.377 e. The lowest BCUT2D eigenvalue weighted by Crippen LogP contribution is -2.37. The van der Waals surface area contributed by atoms with E-state index in [1.54, 1.807) is 0 Å². The highest BCUT2D eigenvalue weighted by atomic mass is 79.9. The number of halogens is 1. The average molecular weight is 326 g/mol. The van der Waals surface area contributed by atoms with E-state index in [2.05, 4.69) is 34.8 Å². The number of ether oxygens (including phenoxy) is 1. The van der Waals surface area contributed by atoms with Crippen molar-refractivity contribution in [3.63, 3.8) is 0 Å². The van der Waals surface area contributed by atoms with Crippen LogP contribution in [-0.4, -0.2) is 43.0 Å². The van der Waals surface area contributed by atoms with Crippen LogP contribution < -0.4 is 0 Å². The van der Waals surface area contributed by atoms with Gasteiger partial charge in [0.1, 0.15) is 0 Å². The van der Waals surface area contributed by atoms with Gasteiger partial charge in [0, 0.05) is 35.7 Å². The number of nitrogens with zero attached hydrogens (tertiary/aromatic N) is 1. The van der Waals surface area contributed by atoms with Gasteiger partial charge in [-0.25, -0.2) is 0 Å². The van der Waals surface area contributed by atoms with Gasteiger partial charge in [-0.1, -0.05) is 34.1 Å². The second-order valence-electron chi connectivity index (χ2n) is 5.07. The number of carbonyl (C=O) groups is 1. The van der Waals surface area contributed by atoms with Crippen LogP contribution in [0.2, 0.25) is 0 Å². The van der Waals surface area contributed by atoms with E-state index >= 15 is 0 Å². The molecule has 0 N–H and O–H groups in total. The molecule has 0 aromatic heterocycles. The quantitative estimate of drug-likeness (QED) is 0.779. The Morgan fingerprint density at radius 3 is 2.84 bits per heavy atom. The topological polar surface area (TPSA) is 29.5 Å². The molecule has 0 bridgehead atoms. The number of likely N-dealkylation sites (N-methyl/N-ethyl adjacent to an activating group) is 1. The number of hydrogen-bond acceptors (Lipinski definition) is 3. The predicted molar refractivity (Wildman–Crippen MR) is 79.5 cm³/mol. The summed E-state index contributed by atoms with van der Waals surface area (Å²) in [6.07, 6.45) is 1.87. The summed E-state index contributed by atoms with van der Waals surface area (Å²) in [5.41, 5.74) is 0.770. The van der Waals surface area contributed by atoms with Gasteiger partial charge in [-0.3, -0.25) is 4.79 Å². The van der Waals surface area contributed by atoms with Gasteiger partial charge in [0.2, 0.25) is 0 Å². The second-order valence-corrected chi connectivity index (χ2v) is 5.92. The number of benzene rings is 1. The maximum atomic E-state index is 12.2. The lowest BCUT2D eigenvalue weighted by atomic mass is 10.1. The zero-order valence-corrected chi connectivity index (χ0v) is 13.0. The third-order valence-corrected chi connectivity index (χ3v) is 4.46. The van der Waals surface area contributed by atoms with E-state index in [-0.39, 0.29) is 11.9 Å². The Morgan fingerprint density at radius 1 is 1.47 bits per heavy atom. The van der Waals surface area contributed by atoms with E-state index in [1.807, 2.05) is 24.3 Å². The lowest BCUT2D eigenvalue weighted by molar-refractivity contribution is 0.0793. The van der Waals surface area contributed by atoms with Gasteiger partial charge in [0.15, 0.2) is 5.78 Å². The summed E-state index contributed by atoms with van der Waals surface area (Å²) < 4.78 is 6.44. The van der Waals surface area contributed by atoms with Crippen LogP contribution in [0, 0.1) is 0 Å². The summed E-state index contributed by atoms with van der Waals surface area (Å²) >= 11 is 3.43. The summed E-state index contributed by atoms with van der Waals surface area (Å²) in [4.78, 5) is 14.4. The highest BCUT2D eigenvalue weighted by molar-refractivity contribution is 9.10. The minimum atomic E-state index is 0.186. The van der Waals surface area contributed by atoms with Crippen LogP contribution in [-0.2, 0) is 4.74 Å². The number of Topliss-reactive ketones (excluding diaryl/α,β-unsaturated/α-hetero) is 1. The van der Waals surface area contributed by atoms with Crippen molar-refractivity contribution in [1.82, 2.24) is 4.90 Å². The maximum Gasteiger partial charge on any atom is 0.165 e. The molecule has 0 aliphatic carbocycles. The van der Waals surface area contributed by atoms with Crippen LogP contribution in [0.5, 0.6) is 0 Å². The maximum absolute atomic E-state index is 12.2. The number of hydrogen-bond donors (Lipinski definition) is 0. The Labute approximate surface area is 123 Å². The molecule has 1 saturated heterocycles. The zero-order valence-electron chi connectivity index (χ0n) is 11.4. The fraction of sp³-hybridized carbons (Fsp3) is 0.533. The molecule has 2 unspecified atom stereocenters. The van der Waals surface area contributed by atoms with E-state index < -0.39 is 0 Å². The van der Waals surface area contributed by atoms with E-state index in [0.29, 0.717) is 12.5 Å². The van der Waals surface area contributed by atoms with Gasteiger partial charge in [-0.2, -0.15) is 0 Å². The van der Waals surface area contributed by atoms with Crippen molar-refractivity contribution < 1.29 is 9.53 Å². The molecule has 1 fully saturated rings. The monoisotopic (exact) mass is 325 g/mol. The minimum absolute atomic E-state index is 0.186. The van der Waals surface area contributed by atoms with Crippen LogP contribution >= 0.6 is 15.9 Å². The van der Waals surface area contributed by atoms with Crippen molar-refractivity contribution in [3.8, 4) is 0 Å². The van der Waals surface area contributed by atoms with Crippen LogP contribution in [0.3, 0.4) is 0 Å². The van der Waals surface area contributed by atoms with Crippen molar-refractivity contribution in [2.24, 2.45) is 0 Å². The van der Waals surface area contributed by atoms with E-state index in [1.165, 1.54) is 0 Å². The lowest BCUT2D eigenvalue weighted by Gasteiger charge is -2.26. The van der Waals surface area contributed by atoms with Crippen molar-refractivity contribution >= 4 is 21.7 Å². The molecule has 2 rings (SSSR count).